The average molecular weight is 358 g/mol. The molecule has 0 saturated carbocycles. The molecule has 4 rings (SSSR count). The topological polar surface area (TPSA) is 56.0 Å². The summed E-state index contributed by atoms with van der Waals surface area (Å²) in [5, 5.41) is 11.8. The summed E-state index contributed by atoms with van der Waals surface area (Å²) in [6.45, 7) is 0. The molecule has 0 aliphatic rings. The molecule has 1 heterocycles. The Morgan fingerprint density at radius 2 is 1.62 bits per heavy atom. The lowest BCUT2D eigenvalue weighted by Crippen LogP contribution is -1.91. The first kappa shape index (κ1) is 16.2. The maximum Gasteiger partial charge on any atom is 0.269 e. The van der Waals surface area contributed by atoms with Gasteiger partial charge in [0.05, 0.1) is 15.1 Å². The van der Waals surface area contributed by atoms with Crippen molar-refractivity contribution in [1.82, 2.24) is 4.98 Å². The minimum Gasteiger partial charge on any atom is -0.258 e. The predicted molar refractivity (Wildman–Crippen MR) is 106 cm³/mol. The summed E-state index contributed by atoms with van der Waals surface area (Å²) in [5.74, 6) is 0. The highest BCUT2D eigenvalue weighted by atomic mass is 32.1. The monoisotopic (exact) mass is 358 g/mol. The first-order valence-corrected chi connectivity index (χ1v) is 8.90. The molecule has 3 aromatic carbocycles. The highest BCUT2D eigenvalue weighted by molar-refractivity contribution is 7.19. The Labute approximate surface area is 154 Å². The Morgan fingerprint density at radius 1 is 0.923 bits per heavy atom. The van der Waals surface area contributed by atoms with Gasteiger partial charge < -0.3 is 0 Å². The molecule has 0 aliphatic heterocycles. The summed E-state index contributed by atoms with van der Waals surface area (Å²) in [5.41, 5.74) is 3.94. The van der Waals surface area contributed by atoms with Crippen molar-refractivity contribution in [3.8, 4) is 0 Å². The third-order valence-corrected chi connectivity index (χ3v) is 5.09. The highest BCUT2D eigenvalue weighted by Gasteiger charge is 2.13. The van der Waals surface area contributed by atoms with Crippen LogP contribution >= 0.6 is 11.3 Å². The van der Waals surface area contributed by atoms with E-state index in [9.17, 15) is 10.1 Å². The quantitative estimate of drug-likeness (QED) is 0.263. The third-order valence-electron chi connectivity index (χ3n) is 4.02. The number of benzene rings is 3. The molecule has 4 aromatic rings. The number of aromatic nitrogens is 1. The molecule has 0 bridgehead atoms. The van der Waals surface area contributed by atoms with Crippen LogP contribution in [0.25, 0.3) is 21.9 Å². The van der Waals surface area contributed by atoms with E-state index in [0.29, 0.717) is 0 Å². The first-order chi connectivity index (χ1) is 12.7. The summed E-state index contributed by atoms with van der Waals surface area (Å²) in [4.78, 5) is 15.3. The Hall–Kier alpha value is -3.31. The van der Waals surface area contributed by atoms with Crippen molar-refractivity contribution >= 4 is 38.9 Å². The van der Waals surface area contributed by atoms with Crippen LogP contribution in [0.4, 0.5) is 5.69 Å². The van der Waals surface area contributed by atoms with Crippen molar-refractivity contribution in [2.75, 3.05) is 0 Å². The smallest absolute Gasteiger partial charge is 0.258 e. The van der Waals surface area contributed by atoms with Gasteiger partial charge in [0.15, 0.2) is 0 Å². The van der Waals surface area contributed by atoms with Gasteiger partial charge in [-0.3, -0.25) is 10.1 Å². The maximum absolute atomic E-state index is 10.9. The Morgan fingerprint density at radius 3 is 2.31 bits per heavy atom. The van der Waals surface area contributed by atoms with Crippen LogP contribution in [0.3, 0.4) is 0 Å². The number of hydrogen-bond donors (Lipinski definition) is 0. The lowest BCUT2D eigenvalue weighted by molar-refractivity contribution is -0.384. The SMILES string of the molecule is O=[N+]([O-])c1ccc(C(=Cc2ccccc2)c2nc3ccccc3s2)cc1. The number of hydrogen-bond acceptors (Lipinski definition) is 4. The van der Waals surface area contributed by atoms with Crippen LogP contribution in [0.1, 0.15) is 16.1 Å². The number of nitrogens with zero attached hydrogens (tertiary/aromatic N) is 2. The van der Waals surface area contributed by atoms with Crippen LogP contribution in [-0.2, 0) is 0 Å². The van der Waals surface area contributed by atoms with Crippen LogP contribution in [0.2, 0.25) is 0 Å². The summed E-state index contributed by atoms with van der Waals surface area (Å²) in [7, 11) is 0. The van der Waals surface area contributed by atoms with E-state index in [2.05, 4.69) is 6.08 Å². The molecule has 126 valence electrons. The number of nitro benzene ring substituents is 1. The number of nitro groups is 1. The minimum atomic E-state index is -0.387. The third kappa shape index (κ3) is 3.25. The van der Waals surface area contributed by atoms with E-state index in [4.69, 9.17) is 4.98 Å². The Bertz CT molecular complexity index is 1070. The van der Waals surface area contributed by atoms with Gasteiger partial charge in [-0.2, -0.15) is 0 Å². The molecule has 0 radical (unpaired) electrons. The van der Waals surface area contributed by atoms with Crippen molar-refractivity contribution in [3.63, 3.8) is 0 Å². The van der Waals surface area contributed by atoms with Crippen molar-refractivity contribution in [1.29, 1.82) is 0 Å². The van der Waals surface area contributed by atoms with Crippen LogP contribution < -0.4 is 0 Å². The van der Waals surface area contributed by atoms with Gasteiger partial charge >= 0.3 is 0 Å². The maximum atomic E-state index is 10.9. The first-order valence-electron chi connectivity index (χ1n) is 8.08. The summed E-state index contributed by atoms with van der Waals surface area (Å²) < 4.78 is 1.11. The predicted octanol–water partition coefficient (Wildman–Crippen LogP) is 5.79. The number of non-ortho nitro benzene ring substituents is 1. The Balaban J connectivity index is 1.86. The molecule has 5 heteroatoms. The molecule has 0 spiro atoms. The molecule has 26 heavy (non-hydrogen) atoms. The van der Waals surface area contributed by atoms with E-state index in [-0.39, 0.29) is 10.6 Å². The molecule has 0 N–H and O–H groups in total. The fourth-order valence-electron chi connectivity index (χ4n) is 2.73. The van der Waals surface area contributed by atoms with Crippen LogP contribution in [-0.4, -0.2) is 9.91 Å². The van der Waals surface area contributed by atoms with Crippen LogP contribution in [0.15, 0.2) is 78.9 Å². The van der Waals surface area contributed by atoms with E-state index in [1.807, 2.05) is 54.6 Å². The molecule has 1 aromatic heterocycles. The fraction of sp³-hybridized carbons (Fsp3) is 0. The molecular weight excluding hydrogens is 344 g/mol. The van der Waals surface area contributed by atoms with Gasteiger partial charge in [0.1, 0.15) is 5.01 Å². The van der Waals surface area contributed by atoms with E-state index < -0.39 is 0 Å². The lowest BCUT2D eigenvalue weighted by Gasteiger charge is -2.05. The average Bonchev–Trinajstić information content (AvgIpc) is 3.11. The molecule has 0 atom stereocenters. The number of thiazole rings is 1. The zero-order chi connectivity index (χ0) is 17.9. The van der Waals surface area contributed by atoms with Gasteiger partial charge in [0, 0.05) is 17.7 Å². The fourth-order valence-corrected chi connectivity index (χ4v) is 3.74. The zero-order valence-corrected chi connectivity index (χ0v) is 14.5. The van der Waals surface area contributed by atoms with E-state index in [1.165, 1.54) is 12.1 Å². The number of fused-ring (bicyclic) bond motifs is 1. The van der Waals surface area contributed by atoms with Gasteiger partial charge in [0.25, 0.3) is 5.69 Å². The summed E-state index contributed by atoms with van der Waals surface area (Å²) in [6.07, 6.45) is 2.07. The molecule has 0 unspecified atom stereocenters. The molecule has 0 aliphatic carbocycles. The standard InChI is InChI=1S/C21H14N2O2S/c24-23(25)17-12-10-16(11-13-17)18(14-15-6-2-1-3-7-15)21-22-19-8-4-5-9-20(19)26-21/h1-14H. The second-order valence-electron chi connectivity index (χ2n) is 5.76. The zero-order valence-electron chi connectivity index (χ0n) is 13.7. The van der Waals surface area contributed by atoms with Gasteiger partial charge in [-0.25, -0.2) is 4.98 Å². The van der Waals surface area contributed by atoms with Crippen molar-refractivity contribution in [2.45, 2.75) is 0 Å². The Kier molecular flexibility index (Phi) is 4.29. The van der Waals surface area contributed by atoms with Gasteiger partial charge in [0.2, 0.25) is 0 Å². The second kappa shape index (κ2) is 6.90. The normalized spacial score (nSPS) is 11.6. The number of rotatable bonds is 4. The minimum absolute atomic E-state index is 0.0807. The molecule has 0 amide bonds. The molecule has 0 saturated heterocycles. The summed E-state index contributed by atoms with van der Waals surface area (Å²) in [6, 6.07) is 24.6. The molecule has 0 fully saturated rings. The summed E-state index contributed by atoms with van der Waals surface area (Å²) >= 11 is 1.62. The van der Waals surface area contributed by atoms with Crippen molar-refractivity contribution in [2.24, 2.45) is 0 Å². The lowest BCUT2D eigenvalue weighted by atomic mass is 10.0. The van der Waals surface area contributed by atoms with Gasteiger partial charge in [-0.05, 0) is 41.5 Å². The van der Waals surface area contributed by atoms with Crippen molar-refractivity contribution in [3.05, 3.63) is 105 Å². The highest BCUT2D eigenvalue weighted by Crippen LogP contribution is 2.33. The molecular formula is C21H14N2O2S. The number of para-hydroxylation sites is 1. The van der Waals surface area contributed by atoms with Crippen LogP contribution in [0.5, 0.6) is 0 Å². The molecule has 4 nitrogen and oxygen atoms in total. The van der Waals surface area contributed by atoms with E-state index >= 15 is 0 Å². The van der Waals surface area contributed by atoms with Crippen molar-refractivity contribution < 1.29 is 4.92 Å². The largest absolute Gasteiger partial charge is 0.269 e. The van der Waals surface area contributed by atoms with Gasteiger partial charge in [-0.1, -0.05) is 42.5 Å². The van der Waals surface area contributed by atoms with E-state index in [1.54, 1.807) is 23.5 Å². The van der Waals surface area contributed by atoms with Gasteiger partial charge in [-0.15, -0.1) is 11.3 Å². The van der Waals surface area contributed by atoms with E-state index in [0.717, 1.165) is 31.9 Å². The second-order valence-corrected chi connectivity index (χ2v) is 6.79. The van der Waals surface area contributed by atoms with Crippen LogP contribution in [0, 0.1) is 10.1 Å².